The highest BCUT2D eigenvalue weighted by atomic mass is 35.5. The van der Waals surface area contributed by atoms with Crippen LogP contribution in [0.4, 0.5) is 5.69 Å². The summed E-state index contributed by atoms with van der Waals surface area (Å²) in [7, 11) is 1.63. The number of nitrogens with one attached hydrogen (secondary N) is 1. The Labute approximate surface area is 123 Å². The van der Waals surface area contributed by atoms with Crippen LogP contribution in [0.2, 0.25) is 0 Å². The Morgan fingerprint density at radius 1 is 1.55 bits per heavy atom. The van der Waals surface area contributed by atoms with Crippen molar-refractivity contribution in [1.82, 2.24) is 4.98 Å². The van der Waals surface area contributed by atoms with Crippen LogP contribution in [-0.4, -0.2) is 30.6 Å². The molecule has 0 saturated heterocycles. The minimum atomic E-state index is -0.551. The van der Waals surface area contributed by atoms with Gasteiger partial charge in [0.05, 0.1) is 12.6 Å². The molecule has 2 aromatic rings. The van der Waals surface area contributed by atoms with Gasteiger partial charge in [0.15, 0.2) is 11.5 Å². The summed E-state index contributed by atoms with van der Waals surface area (Å²) in [6, 6.07) is 4.74. The zero-order valence-electron chi connectivity index (χ0n) is 11.4. The molecule has 2 rings (SSSR count). The molecule has 1 amide bonds. The Balaban J connectivity index is 0.00000200. The molecule has 7 heteroatoms. The van der Waals surface area contributed by atoms with E-state index in [9.17, 15) is 4.79 Å². The quantitative estimate of drug-likeness (QED) is 0.877. The number of halogens is 1. The van der Waals surface area contributed by atoms with Gasteiger partial charge in [0.1, 0.15) is 5.52 Å². The summed E-state index contributed by atoms with van der Waals surface area (Å²) in [5, 5.41) is 2.72. The van der Waals surface area contributed by atoms with Crippen LogP contribution in [0.25, 0.3) is 11.1 Å². The molecule has 1 aromatic carbocycles. The van der Waals surface area contributed by atoms with Crippen LogP contribution in [-0.2, 0) is 16.0 Å². The number of nitrogens with zero attached hydrogens (tertiary/aromatic N) is 1. The number of anilines is 1. The first kappa shape index (κ1) is 16.4. The molecule has 0 fully saturated rings. The number of hydrogen-bond donors (Lipinski definition) is 2. The summed E-state index contributed by atoms with van der Waals surface area (Å²) in [5.41, 5.74) is 7.54. The van der Waals surface area contributed by atoms with Crippen molar-refractivity contribution in [2.45, 2.75) is 19.4 Å². The molecule has 0 aliphatic rings. The summed E-state index contributed by atoms with van der Waals surface area (Å²) in [6.07, 6.45) is 0.618. The van der Waals surface area contributed by atoms with Crippen molar-refractivity contribution in [3.8, 4) is 0 Å². The Kier molecular flexibility index (Phi) is 5.94. The summed E-state index contributed by atoms with van der Waals surface area (Å²) < 4.78 is 10.5. The third kappa shape index (κ3) is 3.93. The van der Waals surface area contributed by atoms with Gasteiger partial charge in [-0.15, -0.1) is 12.4 Å². The molecular formula is C13H18ClN3O3. The molecule has 1 atom stereocenters. The number of fused-ring (bicyclic) bond motifs is 1. The van der Waals surface area contributed by atoms with E-state index in [1.54, 1.807) is 32.2 Å². The number of carbonyl (C=O) groups is 1. The monoisotopic (exact) mass is 299 g/mol. The van der Waals surface area contributed by atoms with Gasteiger partial charge < -0.3 is 20.2 Å². The molecular weight excluding hydrogens is 282 g/mol. The Morgan fingerprint density at radius 3 is 2.95 bits per heavy atom. The predicted molar refractivity (Wildman–Crippen MR) is 79.1 cm³/mol. The average Bonchev–Trinajstić information content (AvgIpc) is 2.78. The van der Waals surface area contributed by atoms with Crippen molar-refractivity contribution in [1.29, 1.82) is 0 Å². The molecule has 0 bridgehead atoms. The molecule has 20 heavy (non-hydrogen) atoms. The van der Waals surface area contributed by atoms with Crippen molar-refractivity contribution >= 4 is 35.1 Å². The van der Waals surface area contributed by atoms with Crippen LogP contribution < -0.4 is 11.1 Å². The van der Waals surface area contributed by atoms with Crippen LogP contribution in [0.5, 0.6) is 0 Å². The van der Waals surface area contributed by atoms with Gasteiger partial charge in [0.2, 0.25) is 5.91 Å². The van der Waals surface area contributed by atoms with Crippen molar-refractivity contribution in [3.05, 3.63) is 24.1 Å². The normalized spacial score (nSPS) is 11.9. The van der Waals surface area contributed by atoms with Crippen LogP contribution in [0.15, 0.2) is 22.6 Å². The molecule has 1 aromatic heterocycles. The second-order valence-corrected chi connectivity index (χ2v) is 4.31. The maximum atomic E-state index is 11.5. The van der Waals surface area contributed by atoms with Gasteiger partial charge >= 0.3 is 0 Å². The Bertz CT molecular complexity index is 583. The van der Waals surface area contributed by atoms with Crippen molar-refractivity contribution in [2.24, 2.45) is 5.73 Å². The van der Waals surface area contributed by atoms with E-state index in [2.05, 4.69) is 10.3 Å². The largest absolute Gasteiger partial charge is 0.441 e. The number of hydrogen-bond acceptors (Lipinski definition) is 5. The zero-order valence-corrected chi connectivity index (χ0v) is 12.2. The summed E-state index contributed by atoms with van der Waals surface area (Å²) in [6.45, 7) is 2.19. The van der Waals surface area contributed by atoms with Crippen LogP contribution in [0.3, 0.4) is 0 Å². The lowest BCUT2D eigenvalue weighted by Crippen LogP contribution is -2.32. The Hall–Kier alpha value is -1.63. The summed E-state index contributed by atoms with van der Waals surface area (Å²) in [4.78, 5) is 15.8. The topological polar surface area (TPSA) is 90.4 Å². The molecule has 1 heterocycles. The number of rotatable bonds is 5. The fourth-order valence-electron chi connectivity index (χ4n) is 1.61. The fourth-order valence-corrected chi connectivity index (χ4v) is 1.61. The molecule has 3 N–H and O–H groups in total. The standard InChI is InChI=1S/C13H17N3O3.ClH/c1-8(14)13(17)15-9-3-4-11-10(7-9)16-12(19-11)5-6-18-2;/h3-4,7-8H,5-6,14H2,1-2H3,(H,15,17);1H/t8-;/m1./s1. The first-order chi connectivity index (χ1) is 9.10. The van der Waals surface area contributed by atoms with Crippen LogP contribution >= 0.6 is 12.4 Å². The smallest absolute Gasteiger partial charge is 0.240 e. The molecule has 110 valence electrons. The number of benzene rings is 1. The zero-order chi connectivity index (χ0) is 13.8. The molecule has 0 aliphatic heterocycles. The highest BCUT2D eigenvalue weighted by molar-refractivity contribution is 5.95. The number of carbonyl (C=O) groups excluding carboxylic acids is 1. The van der Waals surface area contributed by atoms with E-state index >= 15 is 0 Å². The lowest BCUT2D eigenvalue weighted by Gasteiger charge is -2.06. The number of ether oxygens (including phenoxy) is 1. The molecule has 0 saturated carbocycles. The molecule has 6 nitrogen and oxygen atoms in total. The second kappa shape index (κ2) is 7.23. The van der Waals surface area contributed by atoms with Gasteiger partial charge in [-0.25, -0.2) is 4.98 Å². The fraction of sp³-hybridized carbons (Fsp3) is 0.385. The van der Waals surface area contributed by atoms with E-state index in [-0.39, 0.29) is 18.3 Å². The molecule has 0 spiro atoms. The average molecular weight is 300 g/mol. The second-order valence-electron chi connectivity index (χ2n) is 4.31. The van der Waals surface area contributed by atoms with Crippen molar-refractivity contribution < 1.29 is 13.9 Å². The van der Waals surface area contributed by atoms with Crippen molar-refractivity contribution in [3.63, 3.8) is 0 Å². The van der Waals surface area contributed by atoms with Crippen LogP contribution in [0.1, 0.15) is 12.8 Å². The minimum Gasteiger partial charge on any atom is -0.441 e. The van der Waals surface area contributed by atoms with E-state index in [0.717, 1.165) is 0 Å². The Morgan fingerprint density at radius 2 is 2.30 bits per heavy atom. The lowest BCUT2D eigenvalue weighted by atomic mass is 10.2. The number of nitrogens with two attached hydrogens (primary N) is 1. The maximum Gasteiger partial charge on any atom is 0.240 e. The number of oxazole rings is 1. The van der Waals surface area contributed by atoms with E-state index in [0.29, 0.717) is 35.7 Å². The summed E-state index contributed by atoms with van der Waals surface area (Å²) in [5.74, 6) is 0.384. The van der Waals surface area contributed by atoms with Gasteiger partial charge in [0, 0.05) is 19.2 Å². The molecule has 0 radical (unpaired) electrons. The minimum absolute atomic E-state index is 0. The highest BCUT2D eigenvalue weighted by Crippen LogP contribution is 2.20. The summed E-state index contributed by atoms with van der Waals surface area (Å²) >= 11 is 0. The maximum absolute atomic E-state index is 11.5. The van der Waals surface area contributed by atoms with Crippen molar-refractivity contribution in [2.75, 3.05) is 19.0 Å². The van der Waals surface area contributed by atoms with E-state index in [1.807, 2.05) is 0 Å². The van der Waals surface area contributed by atoms with Gasteiger partial charge in [-0.2, -0.15) is 0 Å². The third-order valence-electron chi connectivity index (χ3n) is 2.63. The van der Waals surface area contributed by atoms with E-state index in [1.165, 1.54) is 0 Å². The molecule has 0 aliphatic carbocycles. The third-order valence-corrected chi connectivity index (χ3v) is 2.63. The molecule has 0 unspecified atom stereocenters. The van der Waals surface area contributed by atoms with E-state index in [4.69, 9.17) is 14.9 Å². The van der Waals surface area contributed by atoms with Gasteiger partial charge in [-0.05, 0) is 25.1 Å². The van der Waals surface area contributed by atoms with Gasteiger partial charge in [-0.3, -0.25) is 4.79 Å². The SMILES string of the molecule is COCCc1nc2cc(NC(=O)[C@@H](C)N)ccc2o1.Cl. The number of amides is 1. The first-order valence-electron chi connectivity index (χ1n) is 6.05. The van der Waals surface area contributed by atoms with Gasteiger partial charge in [-0.1, -0.05) is 0 Å². The first-order valence-corrected chi connectivity index (χ1v) is 6.05. The van der Waals surface area contributed by atoms with Crippen LogP contribution in [0, 0.1) is 0 Å². The highest BCUT2D eigenvalue weighted by Gasteiger charge is 2.10. The number of methoxy groups -OCH3 is 1. The van der Waals surface area contributed by atoms with E-state index < -0.39 is 6.04 Å². The predicted octanol–water partition coefficient (Wildman–Crippen LogP) is 1.72. The van der Waals surface area contributed by atoms with Gasteiger partial charge in [0.25, 0.3) is 0 Å². The lowest BCUT2D eigenvalue weighted by molar-refractivity contribution is -0.117. The number of aromatic nitrogens is 1.